The highest BCUT2D eigenvalue weighted by Gasteiger charge is 2.14. The van der Waals surface area contributed by atoms with Crippen LogP contribution in [0.3, 0.4) is 0 Å². The normalized spacial score (nSPS) is 18.1. The summed E-state index contributed by atoms with van der Waals surface area (Å²) in [5.74, 6) is 2.31. The maximum absolute atomic E-state index is 11.2. The van der Waals surface area contributed by atoms with Crippen LogP contribution in [0, 0.1) is 0 Å². The van der Waals surface area contributed by atoms with Crippen molar-refractivity contribution in [2.45, 2.75) is 0 Å². The zero-order valence-corrected chi connectivity index (χ0v) is 10.6. The van der Waals surface area contributed by atoms with Gasteiger partial charge < -0.3 is 10.5 Å². The van der Waals surface area contributed by atoms with Gasteiger partial charge in [0.05, 0.1) is 5.69 Å². The van der Waals surface area contributed by atoms with Gasteiger partial charge in [0.15, 0.2) is 0 Å². The van der Waals surface area contributed by atoms with Crippen molar-refractivity contribution in [3.63, 3.8) is 0 Å². The third kappa shape index (κ3) is 3.71. The van der Waals surface area contributed by atoms with Gasteiger partial charge in [-0.3, -0.25) is 9.11 Å². The summed E-state index contributed by atoms with van der Waals surface area (Å²) >= 11 is 0. The number of para-hydroxylation sites is 2. The first kappa shape index (κ1) is 12.4. The molecule has 4 nitrogen and oxygen atoms in total. The molecule has 2 rings (SSSR count). The number of anilines is 1. The molecule has 2 N–H and O–H groups in total. The van der Waals surface area contributed by atoms with Gasteiger partial charge in [-0.15, -0.1) is 0 Å². The van der Waals surface area contributed by atoms with Gasteiger partial charge in [0, 0.05) is 41.9 Å². The number of nitrogens with two attached hydrogens (primary N) is 1. The summed E-state index contributed by atoms with van der Waals surface area (Å²) in [6.07, 6.45) is 0. The van der Waals surface area contributed by atoms with Crippen molar-refractivity contribution in [2.75, 3.05) is 43.5 Å². The van der Waals surface area contributed by atoms with E-state index in [9.17, 15) is 4.21 Å². The number of hydrogen-bond acceptors (Lipinski definition) is 4. The number of hydrogen-bond donors (Lipinski definition) is 1. The average Bonchev–Trinajstić information content (AvgIpc) is 2.34. The first-order chi connectivity index (χ1) is 8.25. The van der Waals surface area contributed by atoms with Gasteiger partial charge in [0.25, 0.3) is 0 Å². The molecule has 5 heteroatoms. The Morgan fingerprint density at radius 1 is 1.29 bits per heavy atom. The van der Waals surface area contributed by atoms with Crippen molar-refractivity contribution in [3.05, 3.63) is 24.3 Å². The summed E-state index contributed by atoms with van der Waals surface area (Å²) in [7, 11) is -0.609. The molecule has 0 amide bonds. The largest absolute Gasteiger partial charge is 0.490 e. The van der Waals surface area contributed by atoms with Crippen LogP contribution in [0.4, 0.5) is 5.69 Å². The predicted octanol–water partition coefficient (Wildman–Crippen LogP) is 0.712. The molecule has 0 spiro atoms. The zero-order valence-electron chi connectivity index (χ0n) is 9.80. The molecule has 0 aromatic heterocycles. The van der Waals surface area contributed by atoms with E-state index in [1.165, 1.54) is 0 Å². The van der Waals surface area contributed by atoms with Crippen LogP contribution in [0.2, 0.25) is 0 Å². The van der Waals surface area contributed by atoms with Crippen molar-refractivity contribution in [3.8, 4) is 5.75 Å². The van der Waals surface area contributed by atoms with E-state index in [-0.39, 0.29) is 0 Å². The molecule has 0 unspecified atom stereocenters. The van der Waals surface area contributed by atoms with Crippen molar-refractivity contribution in [1.82, 2.24) is 4.90 Å². The highest BCUT2D eigenvalue weighted by Crippen LogP contribution is 2.19. The first-order valence-electron chi connectivity index (χ1n) is 5.80. The molecule has 1 aromatic rings. The first-order valence-corrected chi connectivity index (χ1v) is 7.29. The lowest BCUT2D eigenvalue weighted by atomic mass is 10.3. The van der Waals surface area contributed by atoms with Crippen molar-refractivity contribution >= 4 is 16.5 Å². The van der Waals surface area contributed by atoms with Gasteiger partial charge in [-0.2, -0.15) is 0 Å². The number of nitrogens with zero attached hydrogens (tertiary/aromatic N) is 1. The molecule has 0 atom stereocenters. The molecule has 17 heavy (non-hydrogen) atoms. The monoisotopic (exact) mass is 254 g/mol. The predicted molar refractivity (Wildman–Crippen MR) is 70.7 cm³/mol. The molecule has 1 aliphatic heterocycles. The average molecular weight is 254 g/mol. The van der Waals surface area contributed by atoms with Crippen LogP contribution in [-0.4, -0.2) is 46.9 Å². The van der Waals surface area contributed by atoms with E-state index in [4.69, 9.17) is 10.5 Å². The Balaban J connectivity index is 1.73. The quantitative estimate of drug-likeness (QED) is 0.804. The van der Waals surface area contributed by atoms with E-state index in [0.717, 1.165) is 36.9 Å². The molecule has 1 saturated heterocycles. The van der Waals surface area contributed by atoms with Gasteiger partial charge in [-0.05, 0) is 12.1 Å². The lowest BCUT2D eigenvalue weighted by Crippen LogP contribution is -2.39. The second-order valence-electron chi connectivity index (χ2n) is 4.08. The van der Waals surface area contributed by atoms with E-state index in [1.807, 2.05) is 24.3 Å². The fourth-order valence-corrected chi connectivity index (χ4v) is 2.92. The van der Waals surface area contributed by atoms with Crippen molar-refractivity contribution < 1.29 is 8.95 Å². The summed E-state index contributed by atoms with van der Waals surface area (Å²) < 4.78 is 16.8. The van der Waals surface area contributed by atoms with E-state index >= 15 is 0 Å². The van der Waals surface area contributed by atoms with E-state index in [2.05, 4.69) is 4.90 Å². The van der Waals surface area contributed by atoms with Gasteiger partial charge >= 0.3 is 0 Å². The van der Waals surface area contributed by atoms with Crippen LogP contribution in [0.25, 0.3) is 0 Å². The van der Waals surface area contributed by atoms with Crippen LogP contribution < -0.4 is 10.5 Å². The minimum absolute atomic E-state index is 0.609. The van der Waals surface area contributed by atoms with E-state index in [1.54, 1.807) is 0 Å². The second-order valence-corrected chi connectivity index (χ2v) is 5.77. The van der Waals surface area contributed by atoms with Gasteiger partial charge in [0.2, 0.25) is 0 Å². The zero-order chi connectivity index (χ0) is 12.1. The number of rotatable bonds is 4. The highest BCUT2D eigenvalue weighted by molar-refractivity contribution is 7.85. The van der Waals surface area contributed by atoms with Crippen LogP contribution in [-0.2, 0) is 10.8 Å². The topological polar surface area (TPSA) is 55.6 Å². The van der Waals surface area contributed by atoms with Gasteiger partial charge in [0.1, 0.15) is 12.4 Å². The third-order valence-corrected chi connectivity index (χ3v) is 4.13. The SMILES string of the molecule is Nc1ccccc1OCCN1CCS(=O)CC1. The minimum Gasteiger partial charge on any atom is -0.490 e. The summed E-state index contributed by atoms with van der Waals surface area (Å²) in [4.78, 5) is 2.28. The molecule has 0 bridgehead atoms. The Kier molecular flexibility index (Phi) is 4.39. The molecular weight excluding hydrogens is 236 g/mol. The molecule has 0 saturated carbocycles. The number of ether oxygens (including phenoxy) is 1. The van der Waals surface area contributed by atoms with Crippen molar-refractivity contribution in [1.29, 1.82) is 0 Å². The fourth-order valence-electron chi connectivity index (χ4n) is 1.80. The lowest BCUT2D eigenvalue weighted by Gasteiger charge is -2.25. The smallest absolute Gasteiger partial charge is 0.142 e. The van der Waals surface area contributed by atoms with E-state index < -0.39 is 10.8 Å². The molecule has 94 valence electrons. The van der Waals surface area contributed by atoms with Crippen LogP contribution in [0.1, 0.15) is 0 Å². The molecule has 1 heterocycles. The van der Waals surface area contributed by atoms with Crippen LogP contribution in [0.5, 0.6) is 5.75 Å². The summed E-state index contributed by atoms with van der Waals surface area (Å²) in [6, 6.07) is 7.51. The molecule has 1 aromatic carbocycles. The standard InChI is InChI=1S/C12H18N2O2S/c13-11-3-1-2-4-12(11)16-8-5-14-6-9-17(15)10-7-14/h1-4H,5-10,13H2. The Morgan fingerprint density at radius 3 is 2.71 bits per heavy atom. The summed E-state index contributed by atoms with van der Waals surface area (Å²) in [5.41, 5.74) is 6.45. The maximum Gasteiger partial charge on any atom is 0.142 e. The molecule has 0 aliphatic carbocycles. The molecule has 1 aliphatic rings. The second kappa shape index (κ2) is 6.02. The van der Waals surface area contributed by atoms with Gasteiger partial charge in [-0.25, -0.2) is 0 Å². The fraction of sp³-hybridized carbons (Fsp3) is 0.500. The summed E-state index contributed by atoms with van der Waals surface area (Å²) in [6.45, 7) is 3.30. The lowest BCUT2D eigenvalue weighted by molar-refractivity contribution is 0.222. The molecule has 1 fully saturated rings. The Labute approximate surface area is 104 Å². The Bertz CT molecular complexity index is 388. The maximum atomic E-state index is 11.2. The molecular formula is C12H18N2O2S. The summed E-state index contributed by atoms with van der Waals surface area (Å²) in [5, 5.41) is 0. The minimum atomic E-state index is -0.609. The van der Waals surface area contributed by atoms with Crippen molar-refractivity contribution in [2.24, 2.45) is 0 Å². The number of benzene rings is 1. The van der Waals surface area contributed by atoms with Gasteiger partial charge in [-0.1, -0.05) is 12.1 Å². The third-order valence-electron chi connectivity index (χ3n) is 2.85. The molecule has 0 radical (unpaired) electrons. The Morgan fingerprint density at radius 2 is 2.00 bits per heavy atom. The van der Waals surface area contributed by atoms with Crippen LogP contribution >= 0.6 is 0 Å². The number of nitrogen functional groups attached to an aromatic ring is 1. The van der Waals surface area contributed by atoms with E-state index in [0.29, 0.717) is 12.3 Å². The Hall–Kier alpha value is -1.07. The van der Waals surface area contributed by atoms with Crippen LogP contribution in [0.15, 0.2) is 24.3 Å². The highest BCUT2D eigenvalue weighted by atomic mass is 32.2.